The van der Waals surface area contributed by atoms with Crippen LogP contribution in [0.3, 0.4) is 0 Å². The number of unbranched alkanes of at least 4 members (excludes halogenated alkanes) is 36. The van der Waals surface area contributed by atoms with Crippen molar-refractivity contribution in [1.82, 2.24) is 5.32 Å². The number of amides is 1. The summed E-state index contributed by atoms with van der Waals surface area (Å²) in [6.45, 7) is 3.69. The Balaban J connectivity index is 2.15. The summed E-state index contributed by atoms with van der Waals surface area (Å²) in [5.74, 6) is -0.184. The molecule has 1 heterocycles. The molecule has 89 heavy (non-hydrogen) atoms. The highest BCUT2D eigenvalue weighted by atomic mass is 16.7. The quantitative estimate of drug-likeness (QED) is 0.0261. The van der Waals surface area contributed by atoms with Crippen LogP contribution < -0.4 is 5.32 Å². The molecule has 0 bridgehead atoms. The van der Waals surface area contributed by atoms with Gasteiger partial charge in [-0.25, -0.2) is 0 Å². The third kappa shape index (κ3) is 55.9. The molecule has 0 aromatic rings. The maximum Gasteiger partial charge on any atom is 0.220 e. The van der Waals surface area contributed by atoms with E-state index in [9.17, 15) is 30.3 Å². The highest BCUT2D eigenvalue weighted by molar-refractivity contribution is 5.76. The molecule has 1 rings (SSSR count). The molecule has 1 aliphatic rings. The van der Waals surface area contributed by atoms with Crippen LogP contribution in [-0.4, -0.2) is 87.5 Å². The van der Waals surface area contributed by atoms with Crippen LogP contribution in [0.25, 0.3) is 0 Å². The smallest absolute Gasteiger partial charge is 0.220 e. The van der Waals surface area contributed by atoms with Crippen molar-refractivity contribution in [2.45, 2.75) is 365 Å². The second-order valence-corrected chi connectivity index (χ2v) is 25.4. The van der Waals surface area contributed by atoms with E-state index < -0.39 is 49.5 Å². The largest absolute Gasteiger partial charge is 0.394 e. The molecule has 1 saturated heterocycles. The van der Waals surface area contributed by atoms with Gasteiger partial charge < -0.3 is 40.3 Å². The van der Waals surface area contributed by atoms with Gasteiger partial charge in [-0.05, 0) is 89.9 Å². The lowest BCUT2D eigenvalue weighted by Crippen LogP contribution is -2.60. The summed E-state index contributed by atoms with van der Waals surface area (Å²) in [5.41, 5.74) is 0. The summed E-state index contributed by atoms with van der Waals surface area (Å²) in [4.78, 5) is 13.2. The molecular formula is C80H139NO8. The second-order valence-electron chi connectivity index (χ2n) is 25.4. The number of hydrogen-bond donors (Lipinski definition) is 6. The number of carbonyl (C=O) groups excluding carboxylic acids is 1. The fourth-order valence-corrected chi connectivity index (χ4v) is 11.3. The zero-order chi connectivity index (χ0) is 64.2. The van der Waals surface area contributed by atoms with Crippen molar-refractivity contribution in [3.05, 3.63) is 122 Å². The monoisotopic (exact) mass is 1240 g/mol. The molecule has 1 amide bonds. The molecule has 0 saturated carbocycles. The molecule has 9 heteroatoms. The average molecular weight is 1240 g/mol. The first-order valence-corrected chi connectivity index (χ1v) is 37.3. The van der Waals surface area contributed by atoms with Crippen LogP contribution in [0.1, 0.15) is 322 Å². The van der Waals surface area contributed by atoms with Crippen LogP contribution in [0, 0.1) is 0 Å². The van der Waals surface area contributed by atoms with Gasteiger partial charge in [0.1, 0.15) is 24.4 Å². The Labute approximate surface area is 548 Å². The van der Waals surface area contributed by atoms with Crippen molar-refractivity contribution in [3.63, 3.8) is 0 Å². The van der Waals surface area contributed by atoms with Gasteiger partial charge >= 0.3 is 0 Å². The molecule has 0 aromatic heterocycles. The molecule has 7 atom stereocenters. The standard InChI is InChI=1S/C80H139NO8/c1-3-5-7-9-11-13-15-17-19-21-23-25-27-29-31-33-34-35-36-37-38-39-40-42-44-46-48-50-52-54-56-58-60-62-64-66-68-70-76(84)81-73(72-88-80-79(87)78(86)77(85)75(71-82)89-80)74(83)69-67-65-63-61-59-57-55-53-51-49-47-45-43-41-32-30-28-26-24-22-20-18-16-14-12-10-8-6-4-2/h5,7,11,13,17,19,23,25,29,31,34-35,37-38,40,42,46,48,67,69,73-75,77-80,82-83,85-87H,3-4,6,8-10,12,14-16,18,20-22,24,26-28,30,32-33,36,39,41,43-45,47,49-66,68,70-72H2,1-2H3,(H,81,84)/b7-5-,13-11-,19-17-,25-23-,31-29-,35-34-,38-37-,42-40-,48-46-,69-67+. The molecule has 1 aliphatic heterocycles. The van der Waals surface area contributed by atoms with Crippen molar-refractivity contribution in [2.75, 3.05) is 13.2 Å². The number of allylic oxidation sites excluding steroid dienone is 19. The van der Waals surface area contributed by atoms with E-state index in [-0.39, 0.29) is 12.5 Å². The molecule has 9 nitrogen and oxygen atoms in total. The Morgan fingerprint density at radius 1 is 0.393 bits per heavy atom. The Morgan fingerprint density at radius 3 is 1.03 bits per heavy atom. The van der Waals surface area contributed by atoms with Crippen LogP contribution >= 0.6 is 0 Å². The predicted octanol–water partition coefficient (Wildman–Crippen LogP) is 21.0. The van der Waals surface area contributed by atoms with E-state index >= 15 is 0 Å². The van der Waals surface area contributed by atoms with Crippen LogP contribution in [0.2, 0.25) is 0 Å². The summed E-state index contributed by atoms with van der Waals surface area (Å²) in [5, 5.41) is 54.9. The number of rotatable bonds is 64. The lowest BCUT2D eigenvalue weighted by Gasteiger charge is -2.40. The third-order valence-corrected chi connectivity index (χ3v) is 17.0. The van der Waals surface area contributed by atoms with Gasteiger partial charge in [-0.3, -0.25) is 4.79 Å². The minimum Gasteiger partial charge on any atom is -0.394 e. The van der Waals surface area contributed by atoms with Crippen molar-refractivity contribution < 1.29 is 39.8 Å². The summed E-state index contributed by atoms with van der Waals surface area (Å²) in [6.07, 6.45) is 94.5. The molecule has 0 spiro atoms. The number of aliphatic hydroxyl groups excluding tert-OH is 5. The van der Waals surface area contributed by atoms with Crippen molar-refractivity contribution >= 4 is 5.91 Å². The molecule has 7 unspecified atom stereocenters. The fraction of sp³-hybridized carbons (Fsp3) is 0.738. The maximum atomic E-state index is 13.2. The summed E-state index contributed by atoms with van der Waals surface area (Å²) < 4.78 is 11.3. The van der Waals surface area contributed by atoms with Gasteiger partial charge in [-0.1, -0.05) is 347 Å². The number of aliphatic hydroxyl groups is 5. The lowest BCUT2D eigenvalue weighted by molar-refractivity contribution is -0.302. The Hall–Kier alpha value is -3.41. The highest BCUT2D eigenvalue weighted by Crippen LogP contribution is 2.23. The van der Waals surface area contributed by atoms with E-state index in [1.165, 1.54) is 193 Å². The van der Waals surface area contributed by atoms with Gasteiger partial charge in [0.15, 0.2) is 6.29 Å². The highest BCUT2D eigenvalue weighted by Gasteiger charge is 2.44. The molecule has 0 aliphatic carbocycles. The molecule has 1 fully saturated rings. The minimum atomic E-state index is -1.58. The molecule has 6 N–H and O–H groups in total. The van der Waals surface area contributed by atoms with Gasteiger partial charge in [0.05, 0.1) is 25.4 Å². The number of carbonyl (C=O) groups is 1. The first kappa shape index (κ1) is 83.6. The molecule has 0 radical (unpaired) electrons. The number of hydrogen-bond acceptors (Lipinski definition) is 8. The van der Waals surface area contributed by atoms with E-state index in [4.69, 9.17) is 9.47 Å². The zero-order valence-corrected chi connectivity index (χ0v) is 57.4. The summed E-state index contributed by atoms with van der Waals surface area (Å²) in [6, 6.07) is -0.819. The van der Waals surface area contributed by atoms with Crippen LogP contribution in [0.15, 0.2) is 122 Å². The van der Waals surface area contributed by atoms with E-state index in [2.05, 4.69) is 129 Å². The van der Waals surface area contributed by atoms with E-state index in [0.29, 0.717) is 6.42 Å². The number of ether oxygens (including phenoxy) is 2. The third-order valence-electron chi connectivity index (χ3n) is 17.0. The number of nitrogens with one attached hydrogen (secondary N) is 1. The van der Waals surface area contributed by atoms with Crippen LogP contribution in [0.4, 0.5) is 0 Å². The molecule has 512 valence electrons. The second kappa shape index (κ2) is 67.5. The zero-order valence-electron chi connectivity index (χ0n) is 57.4. The van der Waals surface area contributed by atoms with Crippen molar-refractivity contribution in [3.8, 4) is 0 Å². The summed E-state index contributed by atoms with van der Waals surface area (Å²) >= 11 is 0. The first-order chi connectivity index (χ1) is 43.8. The molecular weight excluding hydrogens is 1100 g/mol. The minimum absolute atomic E-state index is 0.184. The lowest BCUT2D eigenvalue weighted by atomic mass is 9.99. The van der Waals surface area contributed by atoms with Crippen LogP contribution in [-0.2, 0) is 14.3 Å². The normalized spacial score (nSPS) is 18.6. The van der Waals surface area contributed by atoms with Gasteiger partial charge in [0.2, 0.25) is 5.91 Å². The first-order valence-electron chi connectivity index (χ1n) is 37.3. The van der Waals surface area contributed by atoms with Gasteiger partial charge in [0.25, 0.3) is 0 Å². The van der Waals surface area contributed by atoms with E-state index in [0.717, 1.165) is 109 Å². The maximum absolute atomic E-state index is 13.2. The van der Waals surface area contributed by atoms with Crippen molar-refractivity contribution in [2.24, 2.45) is 0 Å². The average Bonchev–Trinajstić information content (AvgIpc) is 2.28. The van der Waals surface area contributed by atoms with Gasteiger partial charge in [0, 0.05) is 6.42 Å². The van der Waals surface area contributed by atoms with Gasteiger partial charge in [-0.15, -0.1) is 0 Å². The Kier molecular flexibility index (Phi) is 63.4. The Bertz CT molecular complexity index is 1830. The van der Waals surface area contributed by atoms with E-state index in [1.54, 1.807) is 6.08 Å². The fourth-order valence-electron chi connectivity index (χ4n) is 11.3. The van der Waals surface area contributed by atoms with E-state index in [1.807, 2.05) is 6.08 Å². The SMILES string of the molecule is CC/C=C\C/C=C\C/C=C\C/C=C\C/C=C\C/C=C\C/C=C\C/C=C\C/C=C\CCCCCCCCCCCC(=O)NC(COC1OC(CO)C(O)C(O)C1O)C(O)/C=C/CCCCCCCCCCCCCCCCCCCCCCCCCCCCC. The van der Waals surface area contributed by atoms with Crippen LogP contribution in [0.5, 0.6) is 0 Å². The van der Waals surface area contributed by atoms with Crippen molar-refractivity contribution in [1.29, 1.82) is 0 Å². The summed E-state index contributed by atoms with van der Waals surface area (Å²) in [7, 11) is 0. The Morgan fingerprint density at radius 2 is 0.697 bits per heavy atom. The molecule has 0 aromatic carbocycles. The van der Waals surface area contributed by atoms with Gasteiger partial charge in [-0.2, -0.15) is 0 Å². The topological polar surface area (TPSA) is 149 Å². The predicted molar refractivity (Wildman–Crippen MR) is 382 cm³/mol.